The first-order valence-corrected chi connectivity index (χ1v) is 9.01. The second kappa shape index (κ2) is 7.42. The summed E-state index contributed by atoms with van der Waals surface area (Å²) in [6, 6.07) is 11.5. The zero-order chi connectivity index (χ0) is 17.1. The molecule has 1 heterocycles. The number of amides is 1. The van der Waals surface area contributed by atoms with Crippen LogP contribution in [0.3, 0.4) is 0 Å². The molecule has 1 amide bonds. The van der Waals surface area contributed by atoms with Gasteiger partial charge in [-0.15, -0.1) is 11.3 Å². The summed E-state index contributed by atoms with van der Waals surface area (Å²) < 4.78 is 14.1. The first kappa shape index (κ1) is 17.1. The van der Waals surface area contributed by atoms with Crippen molar-refractivity contribution >= 4 is 50.5 Å². The van der Waals surface area contributed by atoms with E-state index in [1.54, 1.807) is 35.7 Å². The van der Waals surface area contributed by atoms with Gasteiger partial charge in [0.1, 0.15) is 10.8 Å². The summed E-state index contributed by atoms with van der Waals surface area (Å²) >= 11 is 10.8. The van der Waals surface area contributed by atoms with Crippen LogP contribution in [0.5, 0.6) is 0 Å². The van der Waals surface area contributed by atoms with Gasteiger partial charge in [0.15, 0.2) is 0 Å². The molecule has 0 bridgehead atoms. The minimum atomic E-state index is -0.313. The molecule has 0 radical (unpaired) electrons. The van der Waals surface area contributed by atoms with Crippen LogP contribution in [0, 0.1) is 5.82 Å². The number of thiazole rings is 1. The zero-order valence-electron chi connectivity index (χ0n) is 12.2. The number of hydrogen-bond donors (Lipinski definition) is 1. The summed E-state index contributed by atoms with van der Waals surface area (Å²) in [5.41, 5.74) is 1.87. The fraction of sp³-hybridized carbons (Fsp3) is 0.0588. The Morgan fingerprint density at radius 2 is 2.12 bits per heavy atom. The molecule has 0 unspecified atom stereocenters. The average molecular weight is 426 g/mol. The molecule has 0 spiro atoms. The third kappa shape index (κ3) is 4.20. The lowest BCUT2D eigenvalue weighted by Gasteiger charge is -2.06. The van der Waals surface area contributed by atoms with Crippen molar-refractivity contribution < 1.29 is 9.18 Å². The number of halogens is 3. The van der Waals surface area contributed by atoms with Crippen molar-refractivity contribution in [3.05, 3.63) is 68.9 Å². The third-order valence-corrected chi connectivity index (χ3v) is 4.92. The van der Waals surface area contributed by atoms with E-state index in [-0.39, 0.29) is 18.1 Å². The topological polar surface area (TPSA) is 42.0 Å². The van der Waals surface area contributed by atoms with Crippen LogP contribution in [0.2, 0.25) is 5.02 Å². The molecule has 3 rings (SSSR count). The highest BCUT2D eigenvalue weighted by Crippen LogP contribution is 2.27. The Balaban J connectivity index is 1.69. The van der Waals surface area contributed by atoms with Crippen molar-refractivity contribution in [2.24, 2.45) is 0 Å². The highest BCUT2D eigenvalue weighted by molar-refractivity contribution is 9.10. The molecule has 3 nitrogen and oxygen atoms in total. The largest absolute Gasteiger partial charge is 0.324 e. The predicted octanol–water partition coefficient (Wildman–Crippen LogP) is 5.55. The molecule has 0 aliphatic carbocycles. The molecular formula is C17H11BrClFN2OS. The highest BCUT2D eigenvalue weighted by atomic mass is 79.9. The molecule has 3 aromatic rings. The number of carbonyl (C=O) groups excluding carboxylic acids is 1. The van der Waals surface area contributed by atoms with E-state index in [4.69, 9.17) is 11.6 Å². The lowest BCUT2D eigenvalue weighted by atomic mass is 10.2. The lowest BCUT2D eigenvalue weighted by Crippen LogP contribution is -2.14. The van der Waals surface area contributed by atoms with E-state index < -0.39 is 0 Å². The van der Waals surface area contributed by atoms with Crippen molar-refractivity contribution in [2.45, 2.75) is 6.42 Å². The van der Waals surface area contributed by atoms with Gasteiger partial charge in [-0.3, -0.25) is 4.79 Å². The van der Waals surface area contributed by atoms with E-state index in [9.17, 15) is 9.18 Å². The van der Waals surface area contributed by atoms with Crippen LogP contribution in [-0.2, 0) is 11.2 Å². The van der Waals surface area contributed by atoms with Crippen LogP contribution in [0.4, 0.5) is 10.1 Å². The van der Waals surface area contributed by atoms with Crippen LogP contribution in [-0.4, -0.2) is 10.9 Å². The average Bonchev–Trinajstić information content (AvgIpc) is 2.98. The Hall–Kier alpha value is -1.76. The Labute approximate surface area is 155 Å². The number of benzene rings is 2. The minimum Gasteiger partial charge on any atom is -0.324 e. The molecule has 0 saturated carbocycles. The summed E-state index contributed by atoms with van der Waals surface area (Å²) in [6.07, 6.45) is 0.123. The maximum Gasteiger partial charge on any atom is 0.230 e. The van der Waals surface area contributed by atoms with Gasteiger partial charge in [-0.25, -0.2) is 9.37 Å². The number of nitrogens with zero attached hydrogens (tertiary/aromatic N) is 1. The molecule has 0 saturated heterocycles. The van der Waals surface area contributed by atoms with Gasteiger partial charge in [0.25, 0.3) is 0 Å². The monoisotopic (exact) mass is 424 g/mol. The number of aromatic nitrogens is 1. The maximum atomic E-state index is 13.3. The van der Waals surface area contributed by atoms with Gasteiger partial charge in [-0.1, -0.05) is 39.7 Å². The van der Waals surface area contributed by atoms with Crippen LogP contribution in [0.1, 0.15) is 5.69 Å². The van der Waals surface area contributed by atoms with Crippen LogP contribution >= 0.6 is 38.9 Å². The van der Waals surface area contributed by atoms with E-state index in [0.717, 1.165) is 4.47 Å². The summed E-state index contributed by atoms with van der Waals surface area (Å²) in [6.45, 7) is 0. The Kier molecular flexibility index (Phi) is 5.28. The molecule has 0 aliphatic heterocycles. The van der Waals surface area contributed by atoms with E-state index in [1.165, 1.54) is 23.5 Å². The van der Waals surface area contributed by atoms with Gasteiger partial charge >= 0.3 is 0 Å². The molecule has 2 aromatic carbocycles. The molecular weight excluding hydrogens is 415 g/mol. The highest BCUT2D eigenvalue weighted by Gasteiger charge is 2.11. The van der Waals surface area contributed by atoms with E-state index >= 15 is 0 Å². The van der Waals surface area contributed by atoms with Crippen molar-refractivity contribution in [1.29, 1.82) is 0 Å². The Bertz CT molecular complexity index is 900. The standard InChI is InChI=1S/C17H11BrClFN2OS/c18-11-4-5-15(14(19)7-11)22-16(23)8-13-9-24-17(21-13)10-2-1-3-12(20)6-10/h1-7,9H,8H2,(H,22,23). The smallest absolute Gasteiger partial charge is 0.230 e. The fourth-order valence-electron chi connectivity index (χ4n) is 2.09. The molecule has 1 aromatic heterocycles. The molecule has 0 atom stereocenters. The van der Waals surface area contributed by atoms with Gasteiger partial charge in [0.2, 0.25) is 5.91 Å². The van der Waals surface area contributed by atoms with Gasteiger partial charge in [0.05, 0.1) is 22.8 Å². The predicted molar refractivity (Wildman–Crippen MR) is 99.0 cm³/mol. The maximum absolute atomic E-state index is 13.3. The molecule has 0 fully saturated rings. The van der Waals surface area contributed by atoms with Gasteiger partial charge in [-0.2, -0.15) is 0 Å². The molecule has 7 heteroatoms. The normalized spacial score (nSPS) is 10.6. The van der Waals surface area contributed by atoms with Gasteiger partial charge in [0, 0.05) is 15.4 Å². The van der Waals surface area contributed by atoms with Crippen LogP contribution in [0.25, 0.3) is 10.6 Å². The quantitative estimate of drug-likeness (QED) is 0.596. The number of anilines is 1. The van der Waals surface area contributed by atoms with Crippen molar-refractivity contribution in [3.63, 3.8) is 0 Å². The summed E-state index contributed by atoms with van der Waals surface area (Å²) in [4.78, 5) is 16.5. The van der Waals surface area contributed by atoms with Crippen LogP contribution in [0.15, 0.2) is 52.3 Å². The molecule has 24 heavy (non-hydrogen) atoms. The zero-order valence-corrected chi connectivity index (χ0v) is 15.4. The summed E-state index contributed by atoms with van der Waals surface area (Å²) in [5, 5.41) is 5.69. The van der Waals surface area contributed by atoms with Crippen LogP contribution < -0.4 is 5.32 Å². The van der Waals surface area contributed by atoms with Crippen molar-refractivity contribution in [1.82, 2.24) is 4.98 Å². The summed E-state index contributed by atoms with van der Waals surface area (Å²) in [5.74, 6) is -0.526. The van der Waals surface area contributed by atoms with E-state index in [2.05, 4.69) is 26.2 Å². The second-order valence-corrected chi connectivity index (χ2v) is 7.18. The number of nitrogens with one attached hydrogen (secondary N) is 1. The third-order valence-electron chi connectivity index (χ3n) is 3.17. The first-order valence-electron chi connectivity index (χ1n) is 6.96. The molecule has 1 N–H and O–H groups in total. The number of carbonyl (C=O) groups is 1. The molecule has 122 valence electrons. The first-order chi connectivity index (χ1) is 11.5. The van der Waals surface area contributed by atoms with Gasteiger partial charge in [-0.05, 0) is 30.3 Å². The van der Waals surface area contributed by atoms with Gasteiger partial charge < -0.3 is 5.32 Å². The lowest BCUT2D eigenvalue weighted by molar-refractivity contribution is -0.115. The number of rotatable bonds is 4. The van der Waals surface area contributed by atoms with Crippen molar-refractivity contribution in [3.8, 4) is 10.6 Å². The minimum absolute atomic E-state index is 0.123. The molecule has 0 aliphatic rings. The summed E-state index contributed by atoms with van der Waals surface area (Å²) in [7, 11) is 0. The van der Waals surface area contributed by atoms with E-state index in [0.29, 0.717) is 27.0 Å². The van der Waals surface area contributed by atoms with E-state index in [1.807, 2.05) is 0 Å². The second-order valence-electron chi connectivity index (χ2n) is 5.00. The van der Waals surface area contributed by atoms with Crippen molar-refractivity contribution in [2.75, 3.05) is 5.32 Å². The Morgan fingerprint density at radius 1 is 1.29 bits per heavy atom. The fourth-order valence-corrected chi connectivity index (χ4v) is 3.63. The number of hydrogen-bond acceptors (Lipinski definition) is 3. The SMILES string of the molecule is O=C(Cc1csc(-c2cccc(F)c2)n1)Nc1ccc(Br)cc1Cl. The Morgan fingerprint density at radius 3 is 2.88 bits per heavy atom.